The highest BCUT2D eigenvalue weighted by Crippen LogP contribution is 2.28. The first-order valence-corrected chi connectivity index (χ1v) is 14.8. The van der Waals surface area contributed by atoms with Crippen LogP contribution >= 0.6 is 23.2 Å². The molecule has 0 heterocycles. The summed E-state index contributed by atoms with van der Waals surface area (Å²) in [6.45, 7) is 7.41. The maximum absolute atomic E-state index is 12.8. The molecule has 0 bridgehead atoms. The van der Waals surface area contributed by atoms with Crippen LogP contribution in [0.3, 0.4) is 0 Å². The van der Waals surface area contributed by atoms with Crippen LogP contribution in [0.4, 0.5) is 5.69 Å². The third-order valence-electron chi connectivity index (χ3n) is 6.11. The summed E-state index contributed by atoms with van der Waals surface area (Å²) in [6.07, 6.45) is 1.41. The van der Waals surface area contributed by atoms with Crippen LogP contribution < -0.4 is 25.5 Å². The number of nitrogens with one attached hydrogen (secondary N) is 3. The first-order chi connectivity index (χ1) is 21.5. The minimum absolute atomic E-state index is 0.227. The second-order valence-corrected chi connectivity index (χ2v) is 10.6. The maximum atomic E-state index is 12.8. The molecule has 0 spiro atoms. The van der Waals surface area contributed by atoms with Crippen molar-refractivity contribution in [3.8, 4) is 11.5 Å². The van der Waals surface area contributed by atoms with Gasteiger partial charge in [-0.25, -0.2) is 10.2 Å². The van der Waals surface area contributed by atoms with E-state index in [9.17, 15) is 19.2 Å². The number of hydrogen-bond acceptors (Lipinski definition) is 8. The summed E-state index contributed by atoms with van der Waals surface area (Å²) in [5, 5.41) is 9.96. The molecule has 3 aromatic carbocycles. The molecular weight excluding hydrogens is 623 g/mol. The fourth-order valence-corrected chi connectivity index (χ4v) is 4.17. The molecule has 0 aliphatic heterocycles. The van der Waals surface area contributed by atoms with Crippen LogP contribution in [0, 0.1) is 5.92 Å². The molecule has 0 aromatic heterocycles. The number of amides is 3. The van der Waals surface area contributed by atoms with Gasteiger partial charge in [0.25, 0.3) is 17.7 Å². The lowest BCUT2D eigenvalue weighted by atomic mass is 10.0. The number of hydrazone groups is 1. The van der Waals surface area contributed by atoms with E-state index in [2.05, 4.69) is 21.2 Å². The average molecular weight is 658 g/mol. The Balaban J connectivity index is 1.58. The second-order valence-electron chi connectivity index (χ2n) is 9.83. The van der Waals surface area contributed by atoms with Gasteiger partial charge >= 0.3 is 5.97 Å². The number of hydrogen-bond donors (Lipinski definition) is 3. The lowest BCUT2D eigenvalue weighted by molar-refractivity contribution is -0.124. The Morgan fingerprint density at radius 2 is 1.56 bits per heavy atom. The Labute approximate surface area is 271 Å². The largest absolute Gasteiger partial charge is 0.490 e. The first-order valence-electron chi connectivity index (χ1n) is 14.1. The molecule has 0 saturated carbocycles. The average Bonchev–Trinajstić information content (AvgIpc) is 3.01. The Morgan fingerprint density at radius 1 is 0.844 bits per heavy atom. The lowest BCUT2D eigenvalue weighted by Gasteiger charge is -2.20. The number of benzene rings is 3. The van der Waals surface area contributed by atoms with Gasteiger partial charge in [0.05, 0.1) is 35.0 Å². The monoisotopic (exact) mass is 656 g/mol. The van der Waals surface area contributed by atoms with Gasteiger partial charge in [-0.15, -0.1) is 0 Å². The molecule has 3 N–H and O–H groups in total. The van der Waals surface area contributed by atoms with Crippen LogP contribution in [-0.4, -0.2) is 55.8 Å². The normalized spacial score (nSPS) is 11.5. The number of ether oxygens (including phenoxy) is 3. The highest BCUT2D eigenvalue weighted by Gasteiger charge is 2.25. The third kappa shape index (κ3) is 10.5. The molecule has 11 nitrogen and oxygen atoms in total. The van der Waals surface area contributed by atoms with Crippen molar-refractivity contribution < 1.29 is 33.4 Å². The number of halogens is 2. The first kappa shape index (κ1) is 34.9. The number of carbonyl (C=O) groups is 4. The molecule has 3 amide bonds. The fraction of sp³-hybridized carbons (Fsp3) is 0.281. The summed E-state index contributed by atoms with van der Waals surface area (Å²) in [6, 6.07) is 14.8. The van der Waals surface area contributed by atoms with Crippen molar-refractivity contribution in [2.75, 3.05) is 25.1 Å². The van der Waals surface area contributed by atoms with E-state index in [4.69, 9.17) is 37.4 Å². The summed E-state index contributed by atoms with van der Waals surface area (Å²) >= 11 is 11.9. The number of nitrogens with zero attached hydrogens (tertiary/aromatic N) is 1. The van der Waals surface area contributed by atoms with E-state index < -0.39 is 29.7 Å². The minimum atomic E-state index is -0.875. The van der Waals surface area contributed by atoms with Crippen molar-refractivity contribution in [1.82, 2.24) is 10.7 Å². The molecule has 3 rings (SSSR count). The highest BCUT2D eigenvalue weighted by molar-refractivity contribution is 6.42. The van der Waals surface area contributed by atoms with E-state index in [1.165, 1.54) is 24.4 Å². The standard InChI is InChI=1S/C32H34Cl2N4O7/c1-5-43-27-15-20(7-14-26(27)45-18-28(39)36-23-11-8-21(9-12-23)32(42)44-6-2)17-35-38-31(41)29(19(3)4)37-30(40)22-10-13-24(33)25(34)16-22/h7-17,19,29H,5-6,18H2,1-4H3,(H,36,39)(H,37,40)(H,38,41). The zero-order valence-electron chi connectivity index (χ0n) is 25.2. The van der Waals surface area contributed by atoms with Gasteiger partial charge in [-0.3, -0.25) is 14.4 Å². The lowest BCUT2D eigenvalue weighted by Crippen LogP contribution is -2.48. The van der Waals surface area contributed by atoms with Crippen molar-refractivity contribution in [1.29, 1.82) is 0 Å². The molecule has 1 atom stereocenters. The van der Waals surface area contributed by atoms with Gasteiger partial charge < -0.3 is 24.8 Å². The van der Waals surface area contributed by atoms with E-state index in [0.29, 0.717) is 39.9 Å². The smallest absolute Gasteiger partial charge is 0.338 e. The molecule has 1 unspecified atom stereocenters. The number of esters is 1. The topological polar surface area (TPSA) is 144 Å². The van der Waals surface area contributed by atoms with Crippen molar-refractivity contribution in [3.05, 3.63) is 87.4 Å². The Hall–Kier alpha value is -4.61. The number of carbonyl (C=O) groups excluding carboxylic acids is 4. The van der Waals surface area contributed by atoms with Gasteiger partial charge in [0.15, 0.2) is 18.1 Å². The van der Waals surface area contributed by atoms with E-state index in [1.807, 2.05) is 0 Å². The van der Waals surface area contributed by atoms with Crippen molar-refractivity contribution in [3.63, 3.8) is 0 Å². The summed E-state index contributed by atoms with van der Waals surface area (Å²) in [5.41, 5.74) is 4.16. The maximum Gasteiger partial charge on any atom is 0.338 e. The SMILES string of the molecule is CCOC(=O)c1ccc(NC(=O)COc2ccc(C=NNC(=O)C(NC(=O)c3ccc(Cl)c(Cl)c3)C(C)C)cc2OCC)cc1. The summed E-state index contributed by atoms with van der Waals surface area (Å²) in [5.74, 6) is -1.40. The zero-order valence-corrected chi connectivity index (χ0v) is 26.7. The second kappa shape index (κ2) is 17.0. The highest BCUT2D eigenvalue weighted by atomic mass is 35.5. The minimum Gasteiger partial charge on any atom is -0.490 e. The van der Waals surface area contributed by atoms with Crippen LogP contribution in [0.5, 0.6) is 11.5 Å². The van der Waals surface area contributed by atoms with Gasteiger partial charge in [0.1, 0.15) is 6.04 Å². The van der Waals surface area contributed by atoms with Crippen LogP contribution in [0.1, 0.15) is 54.0 Å². The molecule has 0 aliphatic rings. The molecule has 238 valence electrons. The molecule has 3 aromatic rings. The predicted octanol–water partition coefficient (Wildman–Crippen LogP) is 5.49. The third-order valence-corrected chi connectivity index (χ3v) is 6.85. The summed E-state index contributed by atoms with van der Waals surface area (Å²) in [4.78, 5) is 49.8. The van der Waals surface area contributed by atoms with E-state index in [-0.39, 0.29) is 29.7 Å². The van der Waals surface area contributed by atoms with E-state index >= 15 is 0 Å². The molecule has 0 fully saturated rings. The van der Waals surface area contributed by atoms with Crippen molar-refractivity contribution in [2.45, 2.75) is 33.7 Å². The van der Waals surface area contributed by atoms with Gasteiger partial charge in [-0.1, -0.05) is 37.0 Å². The van der Waals surface area contributed by atoms with Crippen molar-refractivity contribution >= 4 is 58.8 Å². The predicted molar refractivity (Wildman–Crippen MR) is 172 cm³/mol. The summed E-state index contributed by atoms with van der Waals surface area (Å²) < 4.78 is 16.3. The van der Waals surface area contributed by atoms with E-state index in [1.54, 1.807) is 70.2 Å². The fourth-order valence-electron chi connectivity index (χ4n) is 3.87. The summed E-state index contributed by atoms with van der Waals surface area (Å²) in [7, 11) is 0. The molecule has 0 saturated heterocycles. The quantitative estimate of drug-likeness (QED) is 0.118. The number of rotatable bonds is 14. The Kier molecular flexibility index (Phi) is 13.2. The Bertz CT molecular complexity index is 1540. The van der Waals surface area contributed by atoms with Gasteiger partial charge in [-0.05, 0) is 86.0 Å². The molecule has 0 radical (unpaired) electrons. The molecule has 0 aliphatic carbocycles. The Morgan fingerprint density at radius 3 is 2.20 bits per heavy atom. The van der Waals surface area contributed by atoms with Crippen LogP contribution in [0.2, 0.25) is 10.0 Å². The van der Waals surface area contributed by atoms with Crippen LogP contribution in [-0.2, 0) is 14.3 Å². The van der Waals surface area contributed by atoms with Gasteiger partial charge in [0, 0.05) is 11.3 Å². The molecule has 45 heavy (non-hydrogen) atoms. The molecule has 13 heteroatoms. The van der Waals surface area contributed by atoms with Crippen LogP contribution in [0.15, 0.2) is 65.8 Å². The van der Waals surface area contributed by atoms with Crippen molar-refractivity contribution in [2.24, 2.45) is 11.0 Å². The van der Waals surface area contributed by atoms with Gasteiger partial charge in [0.2, 0.25) is 0 Å². The van der Waals surface area contributed by atoms with Crippen LogP contribution in [0.25, 0.3) is 0 Å². The van der Waals surface area contributed by atoms with E-state index in [0.717, 1.165) is 0 Å². The number of anilines is 1. The molecular formula is C32H34Cl2N4O7. The zero-order chi connectivity index (χ0) is 32.9. The van der Waals surface area contributed by atoms with Gasteiger partial charge in [-0.2, -0.15) is 5.10 Å².